The molecule has 0 spiro atoms. The van der Waals surface area contributed by atoms with Crippen LogP contribution in [0.2, 0.25) is 0 Å². The van der Waals surface area contributed by atoms with Crippen LogP contribution in [0.4, 0.5) is 0 Å². The number of hydrogen-bond acceptors (Lipinski definition) is 4. The Hall–Kier alpha value is -0.430. The van der Waals surface area contributed by atoms with Crippen LogP contribution in [-0.2, 0) is 16.6 Å². The van der Waals surface area contributed by atoms with E-state index in [2.05, 4.69) is 6.92 Å². The normalized spacial score (nSPS) is 23.6. The van der Waals surface area contributed by atoms with Crippen molar-refractivity contribution in [3.8, 4) is 0 Å². The molecule has 0 saturated heterocycles. The summed E-state index contributed by atoms with van der Waals surface area (Å²) >= 11 is 1.34. The molecule has 1 N–H and O–H groups in total. The number of aliphatic hydroxyl groups excluding tert-OH is 1. The van der Waals surface area contributed by atoms with Gasteiger partial charge in [-0.3, -0.25) is 0 Å². The first-order valence-electron chi connectivity index (χ1n) is 6.02. The highest BCUT2D eigenvalue weighted by Gasteiger charge is 2.36. The number of aliphatic hydroxyl groups is 1. The zero-order valence-electron chi connectivity index (χ0n) is 10.9. The van der Waals surface area contributed by atoms with E-state index in [0.29, 0.717) is 28.2 Å². The van der Waals surface area contributed by atoms with Crippen LogP contribution in [0.25, 0.3) is 0 Å². The summed E-state index contributed by atoms with van der Waals surface area (Å²) in [6.07, 6.45) is 1.12. The Morgan fingerprint density at radius 1 is 1.56 bits per heavy atom. The third-order valence-corrected chi connectivity index (χ3v) is 6.65. The lowest BCUT2D eigenvalue weighted by Gasteiger charge is -2.16. The second-order valence-electron chi connectivity index (χ2n) is 5.05. The molecule has 0 aromatic carbocycles. The van der Waals surface area contributed by atoms with Crippen LogP contribution in [0.5, 0.6) is 0 Å². The molecule has 2 rings (SSSR count). The fraction of sp³-hybridized carbons (Fsp3) is 0.667. The first-order chi connectivity index (χ1) is 8.36. The minimum absolute atomic E-state index is 0.107. The Labute approximate surface area is 112 Å². The van der Waals surface area contributed by atoms with E-state index >= 15 is 0 Å². The van der Waals surface area contributed by atoms with Gasteiger partial charge < -0.3 is 5.11 Å². The summed E-state index contributed by atoms with van der Waals surface area (Å²) in [7, 11) is -1.77. The molecule has 0 aliphatic heterocycles. The van der Waals surface area contributed by atoms with Gasteiger partial charge in [-0.2, -0.15) is 0 Å². The van der Waals surface area contributed by atoms with Gasteiger partial charge >= 0.3 is 0 Å². The Morgan fingerprint density at radius 3 is 2.61 bits per heavy atom. The molecule has 2 atom stereocenters. The molecule has 0 bridgehead atoms. The molecule has 0 radical (unpaired) electrons. The van der Waals surface area contributed by atoms with E-state index in [-0.39, 0.29) is 6.61 Å². The molecule has 1 aromatic heterocycles. The van der Waals surface area contributed by atoms with Crippen LogP contribution < -0.4 is 0 Å². The quantitative estimate of drug-likeness (QED) is 0.899. The Morgan fingerprint density at radius 2 is 2.17 bits per heavy atom. The monoisotopic (exact) mass is 289 g/mol. The van der Waals surface area contributed by atoms with Crippen molar-refractivity contribution in [2.24, 2.45) is 11.8 Å². The van der Waals surface area contributed by atoms with E-state index in [4.69, 9.17) is 5.11 Å². The first kappa shape index (κ1) is 14.0. The number of rotatable bonds is 5. The van der Waals surface area contributed by atoms with Crippen LogP contribution in [0.15, 0.2) is 11.0 Å². The van der Waals surface area contributed by atoms with Gasteiger partial charge in [0.1, 0.15) is 0 Å². The SMILES string of the molecule is Cc1sc(CO)cc1S(=O)(=O)N(C)CC1CC1C. The maximum Gasteiger partial charge on any atom is 0.243 e. The van der Waals surface area contributed by atoms with Crippen molar-refractivity contribution in [2.75, 3.05) is 13.6 Å². The van der Waals surface area contributed by atoms with Crippen LogP contribution in [0.1, 0.15) is 23.1 Å². The molecule has 1 fully saturated rings. The highest BCUT2D eigenvalue weighted by molar-refractivity contribution is 7.89. The van der Waals surface area contributed by atoms with Gasteiger partial charge in [0.25, 0.3) is 0 Å². The van der Waals surface area contributed by atoms with E-state index in [1.54, 1.807) is 20.0 Å². The summed E-state index contributed by atoms with van der Waals surface area (Å²) in [4.78, 5) is 1.78. The van der Waals surface area contributed by atoms with Gasteiger partial charge in [-0.1, -0.05) is 6.92 Å². The third kappa shape index (κ3) is 2.61. The summed E-state index contributed by atoms with van der Waals surface area (Å²) in [5.74, 6) is 1.14. The molecular weight excluding hydrogens is 270 g/mol. The fourth-order valence-electron chi connectivity index (χ4n) is 2.11. The van der Waals surface area contributed by atoms with Crippen molar-refractivity contribution in [2.45, 2.75) is 31.8 Å². The summed E-state index contributed by atoms with van der Waals surface area (Å²) in [5.41, 5.74) is 0. The molecule has 18 heavy (non-hydrogen) atoms. The number of thiophene rings is 1. The number of hydrogen-bond donors (Lipinski definition) is 1. The van der Waals surface area contributed by atoms with Crippen molar-refractivity contribution in [1.29, 1.82) is 0 Å². The fourth-order valence-corrected chi connectivity index (χ4v) is 4.80. The predicted octanol–water partition coefficient (Wildman–Crippen LogP) is 1.83. The number of sulfonamides is 1. The Kier molecular flexibility index (Phi) is 3.82. The largest absolute Gasteiger partial charge is 0.391 e. The first-order valence-corrected chi connectivity index (χ1v) is 8.28. The van der Waals surface area contributed by atoms with E-state index in [1.165, 1.54) is 15.6 Å². The molecule has 1 aromatic rings. The van der Waals surface area contributed by atoms with Gasteiger partial charge in [-0.15, -0.1) is 11.3 Å². The number of aryl methyl sites for hydroxylation is 1. The van der Waals surface area contributed by atoms with Gasteiger partial charge in [0, 0.05) is 23.3 Å². The van der Waals surface area contributed by atoms with Crippen LogP contribution in [0, 0.1) is 18.8 Å². The molecule has 1 aliphatic rings. The summed E-state index contributed by atoms with van der Waals surface area (Å²) in [6.45, 7) is 4.41. The summed E-state index contributed by atoms with van der Waals surface area (Å²) < 4.78 is 26.2. The van der Waals surface area contributed by atoms with E-state index in [1.807, 2.05) is 0 Å². The summed E-state index contributed by atoms with van der Waals surface area (Å²) in [6, 6.07) is 1.59. The lowest BCUT2D eigenvalue weighted by Crippen LogP contribution is -2.29. The van der Waals surface area contributed by atoms with E-state index in [0.717, 1.165) is 11.3 Å². The standard InChI is InChI=1S/C12H19NO3S2/c1-8-4-10(8)6-13(3)18(15,16)12-5-11(7-14)17-9(12)2/h5,8,10,14H,4,6-7H2,1-3H3. The average Bonchev–Trinajstić information content (AvgIpc) is 2.85. The smallest absolute Gasteiger partial charge is 0.243 e. The molecule has 6 heteroatoms. The lowest BCUT2D eigenvalue weighted by atomic mass is 10.3. The molecular formula is C12H19NO3S2. The predicted molar refractivity (Wildman–Crippen MR) is 72.1 cm³/mol. The molecule has 1 aliphatic carbocycles. The molecule has 1 saturated carbocycles. The molecule has 0 amide bonds. The van der Waals surface area contributed by atoms with Gasteiger partial charge in [0.2, 0.25) is 10.0 Å². The van der Waals surface area contributed by atoms with Crippen LogP contribution in [-0.4, -0.2) is 31.4 Å². The Bertz CT molecular complexity index is 536. The average molecular weight is 289 g/mol. The van der Waals surface area contributed by atoms with Crippen molar-refractivity contribution in [3.05, 3.63) is 15.8 Å². The van der Waals surface area contributed by atoms with E-state index < -0.39 is 10.0 Å². The zero-order chi connectivity index (χ0) is 13.5. The van der Waals surface area contributed by atoms with Crippen molar-refractivity contribution < 1.29 is 13.5 Å². The topological polar surface area (TPSA) is 57.6 Å². The van der Waals surface area contributed by atoms with Gasteiger partial charge in [-0.05, 0) is 31.2 Å². The second kappa shape index (κ2) is 4.92. The minimum atomic E-state index is -3.40. The Balaban J connectivity index is 2.20. The molecule has 102 valence electrons. The van der Waals surface area contributed by atoms with Gasteiger partial charge in [0.15, 0.2) is 0 Å². The third-order valence-electron chi connectivity index (χ3n) is 3.54. The van der Waals surface area contributed by atoms with Crippen LogP contribution >= 0.6 is 11.3 Å². The van der Waals surface area contributed by atoms with Crippen molar-refractivity contribution in [1.82, 2.24) is 4.31 Å². The molecule has 2 unspecified atom stereocenters. The highest BCUT2D eigenvalue weighted by atomic mass is 32.2. The van der Waals surface area contributed by atoms with Gasteiger partial charge in [0.05, 0.1) is 11.5 Å². The maximum absolute atomic E-state index is 12.4. The number of nitrogens with zero attached hydrogens (tertiary/aromatic N) is 1. The summed E-state index contributed by atoms with van der Waals surface area (Å²) in [5, 5.41) is 9.07. The highest BCUT2D eigenvalue weighted by Crippen LogP contribution is 2.39. The van der Waals surface area contributed by atoms with Gasteiger partial charge in [-0.25, -0.2) is 12.7 Å². The van der Waals surface area contributed by atoms with E-state index in [9.17, 15) is 8.42 Å². The van der Waals surface area contributed by atoms with Crippen LogP contribution in [0.3, 0.4) is 0 Å². The van der Waals surface area contributed by atoms with Crippen molar-refractivity contribution in [3.63, 3.8) is 0 Å². The lowest BCUT2D eigenvalue weighted by molar-refractivity contribution is 0.285. The molecule has 4 nitrogen and oxygen atoms in total. The minimum Gasteiger partial charge on any atom is -0.391 e. The second-order valence-corrected chi connectivity index (χ2v) is 8.40. The zero-order valence-corrected chi connectivity index (χ0v) is 12.5. The van der Waals surface area contributed by atoms with Crippen molar-refractivity contribution >= 4 is 21.4 Å². The maximum atomic E-state index is 12.4. The molecule has 1 heterocycles.